The first-order valence-electron chi connectivity index (χ1n) is 12.2. The van der Waals surface area contributed by atoms with Crippen LogP contribution in [0.4, 0.5) is 0 Å². The molecule has 0 amide bonds. The lowest BCUT2D eigenvalue weighted by molar-refractivity contribution is 0.669. The Balaban J connectivity index is 0.000000159. The van der Waals surface area contributed by atoms with Crippen LogP contribution in [-0.4, -0.2) is 11.7 Å². The van der Waals surface area contributed by atoms with Crippen molar-refractivity contribution in [3.8, 4) is 11.1 Å². The van der Waals surface area contributed by atoms with Gasteiger partial charge in [0.2, 0.25) is 0 Å². The molecule has 38 heavy (non-hydrogen) atoms. The summed E-state index contributed by atoms with van der Waals surface area (Å²) in [4.78, 5) is 4.10. The molecule has 0 aliphatic carbocycles. The minimum absolute atomic E-state index is 0.173. The van der Waals surface area contributed by atoms with Gasteiger partial charge in [-0.3, -0.25) is 5.41 Å². The van der Waals surface area contributed by atoms with Crippen molar-refractivity contribution >= 4 is 49.5 Å². The summed E-state index contributed by atoms with van der Waals surface area (Å²) in [6.07, 6.45) is 0. The average molecular weight is 560 g/mol. The Morgan fingerprint density at radius 1 is 0.711 bits per heavy atom. The van der Waals surface area contributed by atoms with Crippen molar-refractivity contribution in [2.24, 2.45) is 10.7 Å². The van der Waals surface area contributed by atoms with Gasteiger partial charge in [-0.1, -0.05) is 107 Å². The quantitative estimate of drug-likeness (QED) is 0.168. The largest absolute Gasteiger partial charge is 0.456 e. The van der Waals surface area contributed by atoms with Gasteiger partial charge in [0.15, 0.2) is 5.84 Å². The molecule has 1 aromatic heterocycles. The van der Waals surface area contributed by atoms with Gasteiger partial charge in [-0.05, 0) is 53.9 Å². The van der Waals surface area contributed by atoms with Crippen LogP contribution >= 0.6 is 15.9 Å². The third-order valence-corrected chi connectivity index (χ3v) is 6.70. The van der Waals surface area contributed by atoms with Crippen LogP contribution in [0.2, 0.25) is 0 Å². The number of aryl methyl sites for hydroxylation is 1. The summed E-state index contributed by atoms with van der Waals surface area (Å²) in [5.41, 5.74) is 13.0. The van der Waals surface area contributed by atoms with Gasteiger partial charge >= 0.3 is 0 Å². The Kier molecular flexibility index (Phi) is 7.47. The number of benzene rings is 5. The van der Waals surface area contributed by atoms with Gasteiger partial charge in [-0.25, -0.2) is 4.99 Å². The number of fused-ring (bicyclic) bond motifs is 3. The van der Waals surface area contributed by atoms with Gasteiger partial charge in [-0.2, -0.15) is 0 Å². The molecular weight excluding hydrogens is 534 g/mol. The highest BCUT2D eigenvalue weighted by Gasteiger charge is 2.10. The number of rotatable bonds is 3. The van der Waals surface area contributed by atoms with Gasteiger partial charge in [0.25, 0.3) is 0 Å². The highest BCUT2D eigenvalue weighted by Crippen LogP contribution is 2.34. The molecule has 6 rings (SSSR count). The molecule has 0 fully saturated rings. The molecule has 0 bridgehead atoms. The molecule has 6 aromatic rings. The maximum Gasteiger partial charge on any atom is 0.154 e. The molecule has 0 saturated carbocycles. The second-order valence-electron chi connectivity index (χ2n) is 8.85. The predicted molar refractivity (Wildman–Crippen MR) is 162 cm³/mol. The van der Waals surface area contributed by atoms with E-state index in [-0.39, 0.29) is 5.84 Å². The summed E-state index contributed by atoms with van der Waals surface area (Å²) < 4.78 is 7.03. The number of furan rings is 1. The van der Waals surface area contributed by atoms with E-state index in [0.29, 0.717) is 5.84 Å². The summed E-state index contributed by atoms with van der Waals surface area (Å²) in [5.74, 6) is 0.534. The lowest BCUT2D eigenvalue weighted by Gasteiger charge is -2.03. The fourth-order valence-electron chi connectivity index (χ4n) is 4.31. The van der Waals surface area contributed by atoms with E-state index in [1.807, 2.05) is 78.9 Å². The highest BCUT2D eigenvalue weighted by atomic mass is 79.9. The van der Waals surface area contributed by atoms with E-state index in [0.717, 1.165) is 26.8 Å². The van der Waals surface area contributed by atoms with Gasteiger partial charge in [0, 0.05) is 26.4 Å². The molecule has 4 nitrogen and oxygen atoms in total. The van der Waals surface area contributed by atoms with Gasteiger partial charge in [0.05, 0.1) is 0 Å². The third-order valence-electron chi connectivity index (χ3n) is 6.21. The van der Waals surface area contributed by atoms with Crippen molar-refractivity contribution in [1.29, 1.82) is 5.41 Å². The van der Waals surface area contributed by atoms with Crippen molar-refractivity contribution in [1.82, 2.24) is 0 Å². The van der Waals surface area contributed by atoms with E-state index in [1.54, 1.807) is 0 Å². The van der Waals surface area contributed by atoms with Crippen LogP contribution in [-0.2, 0) is 0 Å². The minimum atomic E-state index is 0.173. The first-order chi connectivity index (χ1) is 18.5. The van der Waals surface area contributed by atoms with Crippen molar-refractivity contribution < 1.29 is 4.42 Å². The highest BCUT2D eigenvalue weighted by molar-refractivity contribution is 9.10. The Morgan fingerprint density at radius 3 is 2.08 bits per heavy atom. The number of aliphatic imine (C=N–C) groups is 1. The Bertz CT molecular complexity index is 1760. The van der Waals surface area contributed by atoms with Crippen LogP contribution in [0.3, 0.4) is 0 Å². The number of hydrogen-bond donors (Lipinski definition) is 2. The van der Waals surface area contributed by atoms with Gasteiger partial charge in [-0.15, -0.1) is 0 Å². The molecule has 186 valence electrons. The Morgan fingerprint density at radius 2 is 1.37 bits per heavy atom. The maximum atomic E-state index is 7.84. The number of nitrogens with two attached hydrogens (primary N) is 1. The summed E-state index contributed by atoms with van der Waals surface area (Å²) >= 11 is 3.53. The fourth-order valence-corrected chi connectivity index (χ4v) is 4.71. The smallest absolute Gasteiger partial charge is 0.154 e. The number of amidine groups is 2. The van der Waals surface area contributed by atoms with Gasteiger partial charge in [0.1, 0.15) is 17.0 Å². The fraction of sp³-hybridized carbons (Fsp3) is 0.0303. The normalized spacial score (nSPS) is 11.3. The molecule has 0 aliphatic heterocycles. The van der Waals surface area contributed by atoms with E-state index in [4.69, 9.17) is 15.6 Å². The zero-order chi connectivity index (χ0) is 26.5. The first-order valence-corrected chi connectivity index (χ1v) is 13.0. The van der Waals surface area contributed by atoms with E-state index in [9.17, 15) is 0 Å². The molecule has 0 unspecified atom stereocenters. The lowest BCUT2D eigenvalue weighted by Crippen LogP contribution is -2.15. The number of halogens is 1. The lowest BCUT2D eigenvalue weighted by atomic mass is 10.0. The summed E-state index contributed by atoms with van der Waals surface area (Å²) in [5, 5.41) is 10.2. The molecule has 0 saturated heterocycles. The molecular formula is C33H26BrN3O. The molecule has 1 heterocycles. The summed E-state index contributed by atoms with van der Waals surface area (Å²) in [7, 11) is 0. The molecule has 0 atom stereocenters. The summed E-state index contributed by atoms with van der Waals surface area (Å²) in [6, 6.07) is 39.7. The zero-order valence-electron chi connectivity index (χ0n) is 20.9. The standard InChI is InChI=1S/C19H13BrO.C14H13N3/c1-12-4-2-7-18-19(12)16-11-14(8-9-17(16)21-18)13-5-3-6-15(20)10-13;15-13(11-7-3-1-4-8-11)17-14(16)12-9-5-2-6-10-12/h2-11H,1H3;1-10H,(H3,15,16,17). The topological polar surface area (TPSA) is 75.4 Å². The predicted octanol–water partition coefficient (Wildman–Crippen LogP) is 8.74. The van der Waals surface area contributed by atoms with E-state index < -0.39 is 0 Å². The minimum Gasteiger partial charge on any atom is -0.456 e. The SMILES string of the molecule is Cc1cccc2oc3ccc(-c4cccc(Br)c4)cc3c12.N=C(N=C(N)c1ccccc1)c1ccccc1. The molecule has 0 aliphatic rings. The maximum absolute atomic E-state index is 7.84. The molecule has 5 aromatic carbocycles. The van der Waals surface area contributed by atoms with Crippen molar-refractivity contribution in [3.05, 3.63) is 142 Å². The van der Waals surface area contributed by atoms with Crippen LogP contribution in [0.25, 0.3) is 33.1 Å². The Labute approximate surface area is 230 Å². The molecule has 5 heteroatoms. The second kappa shape index (κ2) is 11.3. The molecule has 3 N–H and O–H groups in total. The van der Waals surface area contributed by atoms with E-state index in [1.165, 1.54) is 27.5 Å². The number of hydrogen-bond acceptors (Lipinski definition) is 2. The zero-order valence-corrected chi connectivity index (χ0v) is 22.4. The average Bonchev–Trinajstić information content (AvgIpc) is 3.33. The van der Waals surface area contributed by atoms with Gasteiger partial charge < -0.3 is 10.2 Å². The second-order valence-corrected chi connectivity index (χ2v) is 9.76. The number of nitrogens with zero attached hydrogens (tertiary/aromatic N) is 1. The monoisotopic (exact) mass is 559 g/mol. The number of nitrogens with one attached hydrogen (secondary N) is 1. The van der Waals surface area contributed by atoms with Crippen LogP contribution in [0.1, 0.15) is 16.7 Å². The van der Waals surface area contributed by atoms with Crippen LogP contribution in [0, 0.1) is 12.3 Å². The van der Waals surface area contributed by atoms with E-state index >= 15 is 0 Å². The van der Waals surface area contributed by atoms with Crippen LogP contribution < -0.4 is 5.73 Å². The molecule has 0 radical (unpaired) electrons. The van der Waals surface area contributed by atoms with Crippen molar-refractivity contribution in [2.45, 2.75) is 6.92 Å². The first kappa shape index (κ1) is 25.2. The van der Waals surface area contributed by atoms with Crippen molar-refractivity contribution in [3.63, 3.8) is 0 Å². The Hall–Kier alpha value is -4.48. The van der Waals surface area contributed by atoms with Crippen molar-refractivity contribution in [2.75, 3.05) is 0 Å². The summed E-state index contributed by atoms with van der Waals surface area (Å²) in [6.45, 7) is 2.13. The molecule has 0 spiro atoms. The van der Waals surface area contributed by atoms with Crippen LogP contribution in [0.15, 0.2) is 135 Å². The van der Waals surface area contributed by atoms with E-state index in [2.05, 4.69) is 70.3 Å². The third kappa shape index (κ3) is 5.58. The van der Waals surface area contributed by atoms with Crippen LogP contribution in [0.5, 0.6) is 0 Å².